The summed E-state index contributed by atoms with van der Waals surface area (Å²) in [5.74, 6) is -0.516. The molecular weight excluding hydrogens is 356 g/mol. The number of hydroxylamine groups is 2. The van der Waals surface area contributed by atoms with Crippen molar-refractivity contribution in [3.05, 3.63) is 0 Å². The molecule has 0 heterocycles. The summed E-state index contributed by atoms with van der Waals surface area (Å²) >= 11 is 0. The average molecular weight is 389 g/mol. The maximum absolute atomic E-state index is 11.6. The summed E-state index contributed by atoms with van der Waals surface area (Å²) in [5, 5.41) is 9.31. The molecule has 0 radical (unpaired) electrons. The number of nitrogens with zero attached hydrogens (tertiary/aromatic N) is 1. The van der Waals surface area contributed by atoms with Gasteiger partial charge in [-0.1, -0.05) is 39.0 Å². The molecule has 1 N–H and O–H groups in total. The maximum Gasteiger partial charge on any atom is 1.00 e. The molecule has 25 heavy (non-hydrogen) atoms. The molecule has 0 aliphatic rings. The Balaban J connectivity index is 0. The molecule has 7 nitrogen and oxygen atoms in total. The monoisotopic (exact) mass is 389 g/mol. The third kappa shape index (κ3) is 19.1. The Labute approximate surface area is 174 Å². The van der Waals surface area contributed by atoms with Crippen LogP contribution in [0.1, 0.15) is 64.7 Å². The van der Waals surface area contributed by atoms with Gasteiger partial charge in [-0.05, 0) is 19.3 Å². The first-order valence-corrected chi connectivity index (χ1v) is 10.6. The fourth-order valence-electron chi connectivity index (χ4n) is 2.10. The van der Waals surface area contributed by atoms with Gasteiger partial charge < -0.3 is 18.7 Å². The van der Waals surface area contributed by atoms with E-state index in [2.05, 4.69) is 6.92 Å². The van der Waals surface area contributed by atoms with E-state index in [1.807, 2.05) is 0 Å². The van der Waals surface area contributed by atoms with Crippen LogP contribution in [0.2, 0.25) is 0 Å². The zero-order valence-corrected chi connectivity index (χ0v) is 19.0. The molecule has 0 spiro atoms. The zero-order chi connectivity index (χ0) is 18.3. The predicted octanol–water partition coefficient (Wildman–Crippen LogP) is -0.0446. The van der Waals surface area contributed by atoms with Crippen molar-refractivity contribution in [3.63, 3.8) is 0 Å². The SMILES string of the molecule is CCCCCCCCOCCCOP(=O)([O-])CCCC(=O)N(C)O.[Na+]. The average Bonchev–Trinajstić information content (AvgIpc) is 2.52. The molecule has 0 bridgehead atoms. The van der Waals surface area contributed by atoms with Crippen molar-refractivity contribution >= 4 is 13.5 Å². The molecule has 0 fully saturated rings. The van der Waals surface area contributed by atoms with Crippen molar-refractivity contribution in [2.24, 2.45) is 0 Å². The Hall–Kier alpha value is 0.540. The van der Waals surface area contributed by atoms with Crippen LogP contribution in [0.5, 0.6) is 0 Å². The summed E-state index contributed by atoms with van der Waals surface area (Å²) in [6.07, 6.45) is 7.71. The van der Waals surface area contributed by atoms with E-state index >= 15 is 0 Å². The Bertz CT molecular complexity index is 371. The molecule has 0 aliphatic heterocycles. The standard InChI is InChI=1S/C16H34NO6P.Na/c1-3-4-5-6-7-8-12-22-13-10-14-23-24(20,21)15-9-11-16(18)17(2)19;/h19H,3-15H2,1-2H3,(H,20,21);/q;+1/p-1. The van der Waals surface area contributed by atoms with Crippen LogP contribution in [0, 0.1) is 0 Å². The predicted molar refractivity (Wildman–Crippen MR) is 91.0 cm³/mol. The van der Waals surface area contributed by atoms with E-state index in [0.717, 1.165) is 6.42 Å². The Morgan fingerprint density at radius 1 is 1.04 bits per heavy atom. The molecule has 1 atom stereocenters. The van der Waals surface area contributed by atoms with Crippen molar-refractivity contribution in [1.82, 2.24) is 5.06 Å². The van der Waals surface area contributed by atoms with E-state index in [1.165, 1.54) is 39.2 Å². The van der Waals surface area contributed by atoms with E-state index in [9.17, 15) is 14.3 Å². The van der Waals surface area contributed by atoms with Gasteiger partial charge in [0.25, 0.3) is 0 Å². The van der Waals surface area contributed by atoms with Gasteiger partial charge in [-0.2, -0.15) is 0 Å². The number of hydrogen-bond donors (Lipinski definition) is 1. The van der Waals surface area contributed by atoms with Gasteiger partial charge in [-0.15, -0.1) is 0 Å². The van der Waals surface area contributed by atoms with Crippen LogP contribution in [0.3, 0.4) is 0 Å². The number of hydrogen-bond acceptors (Lipinski definition) is 6. The third-order valence-corrected chi connectivity index (χ3v) is 4.99. The number of unbranched alkanes of at least 4 members (excludes halogenated alkanes) is 5. The minimum Gasteiger partial charge on any atom is -0.778 e. The van der Waals surface area contributed by atoms with Crippen molar-refractivity contribution in [2.75, 3.05) is 33.0 Å². The fraction of sp³-hybridized carbons (Fsp3) is 0.938. The van der Waals surface area contributed by atoms with Gasteiger partial charge in [-0.3, -0.25) is 10.0 Å². The van der Waals surface area contributed by atoms with Crippen molar-refractivity contribution in [3.8, 4) is 0 Å². The van der Waals surface area contributed by atoms with Crippen LogP contribution in [0.25, 0.3) is 0 Å². The van der Waals surface area contributed by atoms with Crippen molar-refractivity contribution in [2.45, 2.75) is 64.7 Å². The molecule has 9 heteroatoms. The second kappa shape index (κ2) is 17.9. The zero-order valence-electron chi connectivity index (χ0n) is 16.1. The van der Waals surface area contributed by atoms with E-state index in [4.69, 9.17) is 14.5 Å². The molecule has 0 aromatic carbocycles. The molecular formula is C16H33NNaO6P. The van der Waals surface area contributed by atoms with Crippen LogP contribution in [0.15, 0.2) is 0 Å². The van der Waals surface area contributed by atoms with Gasteiger partial charge in [0.15, 0.2) is 0 Å². The second-order valence-corrected chi connectivity index (χ2v) is 7.85. The summed E-state index contributed by atoms with van der Waals surface area (Å²) in [6.45, 7) is 3.49. The van der Waals surface area contributed by atoms with Gasteiger partial charge in [0, 0.05) is 32.8 Å². The molecule has 1 amide bonds. The first-order chi connectivity index (χ1) is 11.4. The van der Waals surface area contributed by atoms with Crippen LogP contribution in [0.4, 0.5) is 0 Å². The summed E-state index contributed by atoms with van der Waals surface area (Å²) in [5.41, 5.74) is 0. The summed E-state index contributed by atoms with van der Waals surface area (Å²) in [7, 11) is -2.70. The molecule has 0 saturated heterocycles. The fourth-order valence-corrected chi connectivity index (χ4v) is 3.18. The quantitative estimate of drug-likeness (QED) is 0.131. The van der Waals surface area contributed by atoms with E-state index in [-0.39, 0.29) is 55.2 Å². The van der Waals surface area contributed by atoms with Crippen LogP contribution in [-0.2, 0) is 18.6 Å². The van der Waals surface area contributed by atoms with Gasteiger partial charge in [0.2, 0.25) is 5.91 Å². The van der Waals surface area contributed by atoms with Gasteiger partial charge in [0.1, 0.15) is 7.60 Å². The smallest absolute Gasteiger partial charge is 0.778 e. The minimum absolute atomic E-state index is 0. The first kappa shape index (κ1) is 27.8. The third-order valence-electron chi connectivity index (χ3n) is 3.55. The number of rotatable bonds is 16. The van der Waals surface area contributed by atoms with Crippen molar-refractivity contribution < 1.29 is 58.3 Å². The van der Waals surface area contributed by atoms with Crippen LogP contribution in [-0.4, -0.2) is 49.2 Å². The first-order valence-electron chi connectivity index (χ1n) is 8.87. The van der Waals surface area contributed by atoms with Gasteiger partial charge in [0.05, 0.1) is 6.61 Å². The molecule has 0 rings (SSSR count). The normalized spacial score (nSPS) is 13.1. The van der Waals surface area contributed by atoms with Crippen LogP contribution < -0.4 is 34.5 Å². The summed E-state index contributed by atoms with van der Waals surface area (Å²) < 4.78 is 21.9. The molecule has 0 saturated carbocycles. The Morgan fingerprint density at radius 2 is 1.64 bits per heavy atom. The van der Waals surface area contributed by atoms with Crippen molar-refractivity contribution in [1.29, 1.82) is 0 Å². The molecule has 144 valence electrons. The summed E-state index contributed by atoms with van der Waals surface area (Å²) in [4.78, 5) is 22.7. The summed E-state index contributed by atoms with van der Waals surface area (Å²) in [6, 6.07) is 0. The van der Waals surface area contributed by atoms with Crippen LogP contribution >= 0.6 is 7.60 Å². The Morgan fingerprint density at radius 3 is 2.28 bits per heavy atom. The largest absolute Gasteiger partial charge is 1.00 e. The topological polar surface area (TPSA) is 99.1 Å². The minimum atomic E-state index is -3.91. The molecule has 0 aliphatic carbocycles. The second-order valence-electron chi connectivity index (χ2n) is 5.92. The number of carbonyl (C=O) groups is 1. The van der Waals surface area contributed by atoms with E-state index in [1.54, 1.807) is 0 Å². The van der Waals surface area contributed by atoms with E-state index in [0.29, 0.717) is 24.7 Å². The maximum atomic E-state index is 11.6. The molecule has 1 unspecified atom stereocenters. The number of amides is 1. The number of carbonyl (C=O) groups excluding carboxylic acids is 1. The number of ether oxygens (including phenoxy) is 1. The van der Waals surface area contributed by atoms with E-state index < -0.39 is 13.5 Å². The van der Waals surface area contributed by atoms with Gasteiger partial charge >= 0.3 is 29.6 Å². The molecule has 0 aromatic heterocycles. The van der Waals surface area contributed by atoms with Gasteiger partial charge in [-0.25, -0.2) is 5.06 Å². The Kier molecular flexibility index (Phi) is 19.9. The molecule has 0 aromatic rings.